The lowest BCUT2D eigenvalue weighted by molar-refractivity contribution is -0.131. The van der Waals surface area contributed by atoms with Crippen LogP contribution in [0.3, 0.4) is 0 Å². The Morgan fingerprint density at radius 1 is 0.967 bits per heavy atom. The fraction of sp³-hybridized carbons (Fsp3) is 0.273. The van der Waals surface area contributed by atoms with Crippen LogP contribution in [0.15, 0.2) is 60.1 Å². The molecule has 3 aromatic rings. The van der Waals surface area contributed by atoms with Gasteiger partial charge in [-0.1, -0.05) is 36.4 Å². The van der Waals surface area contributed by atoms with E-state index in [1.807, 2.05) is 42.5 Å². The van der Waals surface area contributed by atoms with Gasteiger partial charge in [-0.15, -0.1) is 21.5 Å². The quantitative estimate of drug-likeness (QED) is 0.611. The van der Waals surface area contributed by atoms with Crippen molar-refractivity contribution in [2.45, 2.75) is 13.0 Å². The number of benzene rings is 2. The molecule has 1 aliphatic rings. The van der Waals surface area contributed by atoms with Crippen LogP contribution >= 0.6 is 11.3 Å². The Hall–Kier alpha value is -3.26. The first-order valence-electron chi connectivity index (χ1n) is 9.78. The van der Waals surface area contributed by atoms with Crippen molar-refractivity contribution in [3.8, 4) is 5.75 Å². The molecule has 0 N–H and O–H groups in total. The molecule has 4 rings (SSSR count). The van der Waals surface area contributed by atoms with Crippen molar-refractivity contribution < 1.29 is 14.3 Å². The molecule has 2 heterocycles. The van der Waals surface area contributed by atoms with Crippen molar-refractivity contribution >= 4 is 23.2 Å². The summed E-state index contributed by atoms with van der Waals surface area (Å²) < 4.78 is 5.83. The third kappa shape index (κ3) is 5.01. The van der Waals surface area contributed by atoms with Gasteiger partial charge in [0.25, 0.3) is 5.91 Å². The van der Waals surface area contributed by atoms with Crippen LogP contribution in [0.25, 0.3) is 0 Å². The van der Waals surface area contributed by atoms with E-state index in [1.54, 1.807) is 27.4 Å². The first-order valence-corrected chi connectivity index (χ1v) is 10.7. The number of rotatable bonds is 6. The molecule has 154 valence electrons. The zero-order valence-corrected chi connectivity index (χ0v) is 17.3. The fourth-order valence-electron chi connectivity index (χ4n) is 3.32. The summed E-state index contributed by atoms with van der Waals surface area (Å²) in [4.78, 5) is 28.9. The van der Waals surface area contributed by atoms with Gasteiger partial charge in [-0.2, -0.15) is 0 Å². The van der Waals surface area contributed by atoms with E-state index < -0.39 is 0 Å². The Bertz CT molecular complexity index is 987. The molecule has 30 heavy (non-hydrogen) atoms. The van der Waals surface area contributed by atoms with Crippen LogP contribution in [0, 0.1) is 0 Å². The van der Waals surface area contributed by atoms with Crippen LogP contribution < -0.4 is 4.74 Å². The number of amides is 2. The van der Waals surface area contributed by atoms with Crippen molar-refractivity contribution in [2.24, 2.45) is 0 Å². The molecule has 1 saturated heterocycles. The molecule has 8 heteroatoms. The highest BCUT2D eigenvalue weighted by atomic mass is 32.1. The minimum atomic E-state index is -0.0450. The summed E-state index contributed by atoms with van der Waals surface area (Å²) >= 11 is 1.38. The molecule has 1 aromatic heterocycles. The standard InChI is InChI=1S/C22H22N4O3S/c27-21(14-20-24-23-16-30-20)25-9-11-26(12-10-25)22(28)18-7-4-8-19(13-18)29-15-17-5-2-1-3-6-17/h1-8,13,16H,9-12,14-15H2. The predicted octanol–water partition coefficient (Wildman–Crippen LogP) is 2.64. The first-order chi connectivity index (χ1) is 14.7. The molecule has 1 fully saturated rings. The average molecular weight is 423 g/mol. The molecule has 2 aromatic carbocycles. The van der Waals surface area contributed by atoms with Crippen LogP contribution in [0.5, 0.6) is 5.75 Å². The van der Waals surface area contributed by atoms with Crippen molar-refractivity contribution in [3.05, 3.63) is 76.2 Å². The number of carbonyl (C=O) groups is 2. The Kier molecular flexibility index (Phi) is 6.34. The molecule has 0 bridgehead atoms. The van der Waals surface area contributed by atoms with Gasteiger partial charge >= 0.3 is 0 Å². The largest absolute Gasteiger partial charge is 0.489 e. The van der Waals surface area contributed by atoms with E-state index in [0.717, 1.165) is 5.56 Å². The van der Waals surface area contributed by atoms with Gasteiger partial charge in [-0.3, -0.25) is 9.59 Å². The van der Waals surface area contributed by atoms with Gasteiger partial charge in [0.15, 0.2) is 0 Å². The highest BCUT2D eigenvalue weighted by molar-refractivity contribution is 7.09. The zero-order valence-electron chi connectivity index (χ0n) is 16.4. The smallest absolute Gasteiger partial charge is 0.254 e. The maximum atomic E-state index is 12.9. The highest BCUT2D eigenvalue weighted by Crippen LogP contribution is 2.18. The zero-order chi connectivity index (χ0) is 20.8. The van der Waals surface area contributed by atoms with Gasteiger partial charge in [-0.25, -0.2) is 0 Å². The number of piperazine rings is 1. The van der Waals surface area contributed by atoms with E-state index in [1.165, 1.54) is 11.3 Å². The Morgan fingerprint density at radius 2 is 1.73 bits per heavy atom. The van der Waals surface area contributed by atoms with E-state index in [9.17, 15) is 9.59 Å². The maximum Gasteiger partial charge on any atom is 0.254 e. The summed E-state index contributed by atoms with van der Waals surface area (Å²) in [5.74, 6) is 0.641. The lowest BCUT2D eigenvalue weighted by Gasteiger charge is -2.34. The number of carbonyl (C=O) groups excluding carboxylic acids is 2. The summed E-state index contributed by atoms with van der Waals surface area (Å²) in [6.07, 6.45) is 0.263. The monoisotopic (exact) mass is 422 g/mol. The van der Waals surface area contributed by atoms with Crippen molar-refractivity contribution in [1.29, 1.82) is 0 Å². The fourth-order valence-corrected chi connectivity index (χ4v) is 3.83. The Morgan fingerprint density at radius 3 is 2.47 bits per heavy atom. The molecule has 0 aliphatic carbocycles. The minimum absolute atomic E-state index is 0.0233. The van der Waals surface area contributed by atoms with E-state index in [2.05, 4.69) is 10.2 Å². The summed E-state index contributed by atoms with van der Waals surface area (Å²) in [5.41, 5.74) is 3.29. The summed E-state index contributed by atoms with van der Waals surface area (Å²) in [6, 6.07) is 17.2. The summed E-state index contributed by atoms with van der Waals surface area (Å²) in [6.45, 7) is 2.51. The summed E-state index contributed by atoms with van der Waals surface area (Å²) in [5, 5.41) is 8.40. The van der Waals surface area contributed by atoms with Crippen LogP contribution in [0.2, 0.25) is 0 Å². The van der Waals surface area contributed by atoms with Crippen molar-refractivity contribution in [3.63, 3.8) is 0 Å². The highest BCUT2D eigenvalue weighted by Gasteiger charge is 2.25. The number of hydrogen-bond donors (Lipinski definition) is 0. The van der Waals surface area contributed by atoms with Gasteiger partial charge < -0.3 is 14.5 Å². The number of aromatic nitrogens is 2. The molecule has 2 amide bonds. The molecule has 0 unspecified atom stereocenters. The normalized spacial score (nSPS) is 13.9. The molecule has 1 aliphatic heterocycles. The van der Waals surface area contributed by atoms with E-state index in [-0.39, 0.29) is 18.2 Å². The number of hydrogen-bond acceptors (Lipinski definition) is 6. The van der Waals surface area contributed by atoms with Crippen LogP contribution in [-0.2, 0) is 17.8 Å². The van der Waals surface area contributed by atoms with Gasteiger partial charge in [0.2, 0.25) is 5.91 Å². The van der Waals surface area contributed by atoms with Crippen LogP contribution in [0.1, 0.15) is 20.9 Å². The molecule has 7 nitrogen and oxygen atoms in total. The molecule has 0 spiro atoms. The van der Waals surface area contributed by atoms with Crippen molar-refractivity contribution in [1.82, 2.24) is 20.0 Å². The summed E-state index contributed by atoms with van der Waals surface area (Å²) in [7, 11) is 0. The molecular weight excluding hydrogens is 400 g/mol. The number of ether oxygens (including phenoxy) is 1. The number of nitrogens with zero attached hydrogens (tertiary/aromatic N) is 4. The Balaban J connectivity index is 1.31. The second-order valence-electron chi connectivity index (χ2n) is 6.98. The second kappa shape index (κ2) is 9.49. The van der Waals surface area contributed by atoms with E-state index in [4.69, 9.17) is 4.74 Å². The van der Waals surface area contributed by atoms with E-state index >= 15 is 0 Å². The average Bonchev–Trinajstić information content (AvgIpc) is 3.31. The van der Waals surface area contributed by atoms with Crippen LogP contribution in [-0.4, -0.2) is 58.0 Å². The third-order valence-electron chi connectivity index (χ3n) is 4.96. The van der Waals surface area contributed by atoms with Gasteiger partial charge in [0.05, 0.1) is 6.42 Å². The van der Waals surface area contributed by atoms with Gasteiger partial charge in [0, 0.05) is 31.7 Å². The third-order valence-corrected chi connectivity index (χ3v) is 5.65. The predicted molar refractivity (Wildman–Crippen MR) is 113 cm³/mol. The minimum Gasteiger partial charge on any atom is -0.489 e. The van der Waals surface area contributed by atoms with E-state index in [0.29, 0.717) is 49.1 Å². The molecule has 0 radical (unpaired) electrons. The molecule has 0 atom stereocenters. The lowest BCUT2D eigenvalue weighted by atomic mass is 10.1. The van der Waals surface area contributed by atoms with Gasteiger partial charge in [-0.05, 0) is 23.8 Å². The van der Waals surface area contributed by atoms with Gasteiger partial charge in [0.1, 0.15) is 22.9 Å². The van der Waals surface area contributed by atoms with Crippen LogP contribution in [0.4, 0.5) is 0 Å². The molecule has 0 saturated carbocycles. The lowest BCUT2D eigenvalue weighted by Crippen LogP contribution is -2.51. The molecular formula is C22H22N4O3S. The maximum absolute atomic E-state index is 12.9. The topological polar surface area (TPSA) is 75.6 Å². The SMILES string of the molecule is O=C(Cc1nncs1)N1CCN(C(=O)c2cccc(OCc3ccccc3)c2)CC1. The Labute approximate surface area is 178 Å². The second-order valence-corrected chi connectivity index (χ2v) is 7.90. The first kappa shape index (κ1) is 20.0. The van der Waals surface area contributed by atoms with Crippen molar-refractivity contribution in [2.75, 3.05) is 26.2 Å².